The van der Waals surface area contributed by atoms with E-state index < -0.39 is 21.8 Å². The zero-order valence-corrected chi connectivity index (χ0v) is 30.9. The summed E-state index contributed by atoms with van der Waals surface area (Å²) in [6.07, 6.45) is 3.37. The van der Waals surface area contributed by atoms with Crippen molar-refractivity contribution in [3.05, 3.63) is 124 Å². The van der Waals surface area contributed by atoms with Gasteiger partial charge in [0.15, 0.2) is 5.82 Å². The number of aromatic nitrogens is 3. The molecule has 0 aliphatic heterocycles. The monoisotopic (exact) mass is 757 g/mol. The molecule has 1 heterocycles. The highest BCUT2D eigenvalue weighted by atomic mass is 35.5. The number of halogens is 1. The Balaban J connectivity index is 0.00000541. The molecule has 1 aliphatic rings. The first-order chi connectivity index (χ1) is 25.1. The molecule has 6 rings (SSSR count). The first-order valence-electron chi connectivity index (χ1n) is 17.4. The van der Waals surface area contributed by atoms with Gasteiger partial charge in [0.2, 0.25) is 21.8 Å². The molecule has 14 heteroatoms. The summed E-state index contributed by atoms with van der Waals surface area (Å²) in [5.41, 5.74) is 10.7. The Hall–Kier alpha value is -5.08. The Bertz CT molecular complexity index is 2180. The van der Waals surface area contributed by atoms with Crippen LogP contribution in [0, 0.1) is 18.8 Å². The molecule has 1 aliphatic carbocycles. The molecule has 2 amide bonds. The number of carbonyl (C=O) groups is 2. The molecular weight excluding hydrogens is 714 g/mol. The molecule has 12 nitrogen and oxygen atoms in total. The highest BCUT2D eigenvalue weighted by Crippen LogP contribution is 2.30. The standard InChI is InChI=1S/C39H43N7O5S.ClH/c1-25-10-19-33(52(50,51)41-24-27-6-3-2-4-7-27)22-34(25)31-9-5-8-28(20-31)21-35(43-37(47)30-13-11-26(23-40)12-14-30)38(48)42-32-17-15-29(16-18-32)36-44-39(49)46-45-36;/h2-10,15-20,22,26,30,35,41H,11-14,21,23-24,40H2,1H3,(H,42,48)(H,43,47)(H2,44,45,46,49);1H/t26-,30-,35-;/m0./s1. The van der Waals surface area contributed by atoms with Gasteiger partial charge in [-0.1, -0.05) is 60.7 Å². The molecule has 0 radical (unpaired) electrons. The van der Waals surface area contributed by atoms with Crippen LogP contribution in [-0.4, -0.2) is 48.0 Å². The number of amides is 2. The molecule has 5 aromatic rings. The number of aryl methyl sites for hydroxylation is 1. The summed E-state index contributed by atoms with van der Waals surface area (Å²) in [5.74, 6) is 0.0248. The van der Waals surface area contributed by atoms with E-state index in [1.165, 1.54) is 0 Å². The molecule has 1 atom stereocenters. The minimum Gasteiger partial charge on any atom is -0.344 e. The number of nitrogens with one attached hydrogen (secondary N) is 5. The van der Waals surface area contributed by atoms with Crippen molar-refractivity contribution < 1.29 is 18.0 Å². The van der Waals surface area contributed by atoms with E-state index in [0.29, 0.717) is 42.4 Å². The fraction of sp³-hybridized carbons (Fsp3) is 0.282. The van der Waals surface area contributed by atoms with Crippen LogP contribution in [0.2, 0.25) is 0 Å². The van der Waals surface area contributed by atoms with Gasteiger partial charge in [0.05, 0.1) is 4.90 Å². The van der Waals surface area contributed by atoms with Crippen molar-refractivity contribution in [1.29, 1.82) is 0 Å². The van der Waals surface area contributed by atoms with Crippen LogP contribution in [0.3, 0.4) is 0 Å². The van der Waals surface area contributed by atoms with E-state index >= 15 is 0 Å². The predicted octanol–water partition coefficient (Wildman–Crippen LogP) is 5.07. The lowest BCUT2D eigenvalue weighted by molar-refractivity contribution is -0.130. The van der Waals surface area contributed by atoms with Crippen molar-refractivity contribution in [1.82, 2.24) is 25.2 Å². The van der Waals surface area contributed by atoms with Crippen molar-refractivity contribution >= 4 is 39.9 Å². The van der Waals surface area contributed by atoms with Gasteiger partial charge in [-0.15, -0.1) is 12.4 Å². The number of hydrogen-bond acceptors (Lipinski definition) is 7. The van der Waals surface area contributed by atoms with Gasteiger partial charge in [-0.05, 0) is 109 Å². The maximum absolute atomic E-state index is 13.8. The second-order valence-electron chi connectivity index (χ2n) is 13.3. The first-order valence-corrected chi connectivity index (χ1v) is 18.9. The Kier molecular flexibility index (Phi) is 13.0. The van der Waals surface area contributed by atoms with Crippen molar-refractivity contribution in [2.45, 2.75) is 56.5 Å². The Morgan fingerprint density at radius 3 is 2.28 bits per heavy atom. The average Bonchev–Trinajstić information content (AvgIpc) is 3.60. The van der Waals surface area contributed by atoms with Gasteiger partial charge in [0.25, 0.3) is 0 Å². The molecule has 0 bridgehead atoms. The smallest absolute Gasteiger partial charge is 0.340 e. The Morgan fingerprint density at radius 1 is 0.887 bits per heavy atom. The molecule has 53 heavy (non-hydrogen) atoms. The van der Waals surface area contributed by atoms with Crippen LogP contribution >= 0.6 is 12.4 Å². The minimum atomic E-state index is -3.80. The molecule has 1 saturated carbocycles. The van der Waals surface area contributed by atoms with Crippen molar-refractivity contribution in [2.24, 2.45) is 17.6 Å². The van der Waals surface area contributed by atoms with Crippen molar-refractivity contribution in [2.75, 3.05) is 11.9 Å². The molecule has 0 saturated heterocycles. The number of sulfonamides is 1. The summed E-state index contributed by atoms with van der Waals surface area (Å²) in [6, 6.07) is 27.9. The van der Waals surface area contributed by atoms with Gasteiger partial charge in [-0.25, -0.2) is 23.0 Å². The molecule has 0 spiro atoms. The number of rotatable bonds is 13. The van der Waals surface area contributed by atoms with Crippen LogP contribution in [0.5, 0.6) is 0 Å². The van der Waals surface area contributed by atoms with E-state index in [1.807, 2.05) is 61.5 Å². The fourth-order valence-electron chi connectivity index (χ4n) is 6.55. The molecule has 0 unspecified atom stereocenters. The summed E-state index contributed by atoms with van der Waals surface area (Å²) >= 11 is 0. The van der Waals surface area contributed by atoms with Gasteiger partial charge >= 0.3 is 5.69 Å². The topological polar surface area (TPSA) is 192 Å². The number of aromatic amines is 2. The second kappa shape index (κ2) is 17.6. The van der Waals surface area contributed by atoms with Gasteiger partial charge < -0.3 is 16.4 Å². The van der Waals surface area contributed by atoms with E-state index in [1.54, 1.807) is 42.5 Å². The minimum absolute atomic E-state index is 0. The lowest BCUT2D eigenvalue weighted by Crippen LogP contribution is -2.48. The van der Waals surface area contributed by atoms with E-state index in [-0.39, 0.29) is 48.0 Å². The summed E-state index contributed by atoms with van der Waals surface area (Å²) in [5, 5.41) is 12.2. The van der Waals surface area contributed by atoms with E-state index in [0.717, 1.165) is 40.7 Å². The molecule has 1 fully saturated rings. The third-order valence-electron chi connectivity index (χ3n) is 9.62. The van der Waals surface area contributed by atoms with Gasteiger partial charge in [-0.3, -0.25) is 14.6 Å². The van der Waals surface area contributed by atoms with Crippen LogP contribution in [0.1, 0.15) is 42.4 Å². The lowest BCUT2D eigenvalue weighted by atomic mass is 9.81. The maximum Gasteiger partial charge on any atom is 0.340 e. The number of carbonyl (C=O) groups excluding carboxylic acids is 2. The van der Waals surface area contributed by atoms with Crippen LogP contribution in [0.4, 0.5) is 5.69 Å². The fourth-order valence-corrected chi connectivity index (χ4v) is 7.59. The average molecular weight is 758 g/mol. The van der Waals surface area contributed by atoms with E-state index in [2.05, 4.69) is 30.5 Å². The van der Waals surface area contributed by atoms with Crippen molar-refractivity contribution in [3.63, 3.8) is 0 Å². The summed E-state index contributed by atoms with van der Waals surface area (Å²) in [6.45, 7) is 2.69. The van der Waals surface area contributed by atoms with Crippen molar-refractivity contribution in [3.8, 4) is 22.5 Å². The number of nitrogens with two attached hydrogens (primary N) is 1. The number of benzene rings is 4. The van der Waals surface area contributed by atoms with E-state index in [9.17, 15) is 22.8 Å². The molecular formula is C39H44ClN7O5S. The van der Waals surface area contributed by atoms with Crippen LogP contribution in [-0.2, 0) is 32.6 Å². The molecule has 7 N–H and O–H groups in total. The second-order valence-corrected chi connectivity index (χ2v) is 15.1. The number of hydrogen-bond donors (Lipinski definition) is 6. The lowest BCUT2D eigenvalue weighted by Gasteiger charge is -2.28. The highest BCUT2D eigenvalue weighted by Gasteiger charge is 2.29. The zero-order chi connectivity index (χ0) is 36.7. The first kappa shape index (κ1) is 39.1. The largest absolute Gasteiger partial charge is 0.344 e. The van der Waals surface area contributed by atoms with E-state index in [4.69, 9.17) is 5.73 Å². The van der Waals surface area contributed by atoms with Gasteiger partial charge in [0, 0.05) is 30.1 Å². The Morgan fingerprint density at radius 2 is 1.60 bits per heavy atom. The molecule has 1 aromatic heterocycles. The van der Waals surface area contributed by atoms with Gasteiger partial charge in [-0.2, -0.15) is 5.10 Å². The Labute approximate surface area is 314 Å². The quantitative estimate of drug-likeness (QED) is 0.0966. The van der Waals surface area contributed by atoms with Gasteiger partial charge in [0.1, 0.15) is 6.04 Å². The maximum atomic E-state index is 13.8. The van der Waals surface area contributed by atoms with Crippen LogP contribution < -0.4 is 26.8 Å². The number of nitrogens with zero attached hydrogens (tertiary/aromatic N) is 1. The predicted molar refractivity (Wildman–Crippen MR) is 208 cm³/mol. The molecule has 4 aromatic carbocycles. The summed E-state index contributed by atoms with van der Waals surface area (Å²) < 4.78 is 29.2. The van der Waals surface area contributed by atoms with Crippen LogP contribution in [0.15, 0.2) is 107 Å². The summed E-state index contributed by atoms with van der Waals surface area (Å²) in [7, 11) is -3.80. The SMILES string of the molecule is Cc1ccc(S(=O)(=O)NCc2ccccc2)cc1-c1cccc(C[C@H](NC(=O)[C@H]2CC[C@H](CN)CC2)C(=O)Nc2ccc(-c3n[nH]c(=O)[nH]3)cc2)c1.Cl. The third-order valence-corrected chi connectivity index (χ3v) is 11.0. The summed E-state index contributed by atoms with van der Waals surface area (Å²) in [4.78, 5) is 41.6. The number of H-pyrrole nitrogens is 2. The third kappa shape index (κ3) is 10.1. The molecule has 278 valence electrons. The highest BCUT2D eigenvalue weighted by molar-refractivity contribution is 7.89. The van der Waals surface area contributed by atoms with Crippen LogP contribution in [0.25, 0.3) is 22.5 Å². The number of anilines is 1. The normalized spacial score (nSPS) is 16.3. The zero-order valence-electron chi connectivity index (χ0n) is 29.3.